The van der Waals surface area contributed by atoms with E-state index in [0.717, 1.165) is 12.5 Å². The van der Waals surface area contributed by atoms with Gasteiger partial charge in [0.15, 0.2) is 17.6 Å². The standard InChI is InChI=1S/C28H28N2O10S2/c1-17-5-13-24(14-6-17)42(37,38)30-26(20(4)32)28(34)40-23-11-9-22(10-12-23)39-27(33)18(2)29-41(35,36)25-15-7-21(8-16-25)19(3)31/h5-16,18,26,29-30H,1-4H3/t18-,26-/m0/s1. The largest absolute Gasteiger partial charge is 0.425 e. The number of rotatable bonds is 12. The molecule has 222 valence electrons. The van der Waals surface area contributed by atoms with Gasteiger partial charge in [-0.1, -0.05) is 29.8 Å². The summed E-state index contributed by atoms with van der Waals surface area (Å²) in [4.78, 5) is 48.3. The molecule has 0 spiro atoms. The van der Waals surface area contributed by atoms with Crippen LogP contribution in [0.4, 0.5) is 0 Å². The van der Waals surface area contributed by atoms with Gasteiger partial charge in [-0.2, -0.15) is 9.44 Å². The third kappa shape index (κ3) is 8.39. The van der Waals surface area contributed by atoms with E-state index in [0.29, 0.717) is 5.56 Å². The maximum atomic E-state index is 12.6. The third-order valence-corrected chi connectivity index (χ3v) is 8.76. The summed E-state index contributed by atoms with van der Waals surface area (Å²) in [6.07, 6.45) is 0. The number of ketones is 2. The molecule has 0 aliphatic carbocycles. The summed E-state index contributed by atoms with van der Waals surface area (Å²) in [5.41, 5.74) is 1.15. The summed E-state index contributed by atoms with van der Waals surface area (Å²) in [7, 11) is -8.32. The van der Waals surface area contributed by atoms with Crippen molar-refractivity contribution in [3.8, 4) is 11.5 Å². The molecule has 14 heteroatoms. The SMILES string of the molecule is CC(=O)c1ccc(S(=O)(=O)N[C@@H](C)C(=O)Oc2ccc(OC(=O)[C@@H](NS(=O)(=O)c3ccc(C)cc3)C(C)=O)cc2)cc1. The highest BCUT2D eigenvalue weighted by molar-refractivity contribution is 7.89. The Morgan fingerprint density at radius 3 is 1.52 bits per heavy atom. The molecule has 0 aromatic heterocycles. The first-order valence-corrected chi connectivity index (χ1v) is 15.3. The molecule has 42 heavy (non-hydrogen) atoms. The Labute approximate surface area is 243 Å². The average molecular weight is 617 g/mol. The number of hydrogen-bond acceptors (Lipinski definition) is 10. The highest BCUT2D eigenvalue weighted by atomic mass is 32.2. The molecule has 12 nitrogen and oxygen atoms in total. The van der Waals surface area contributed by atoms with E-state index in [1.54, 1.807) is 19.1 Å². The van der Waals surface area contributed by atoms with E-state index >= 15 is 0 Å². The summed E-state index contributed by atoms with van der Waals surface area (Å²) in [6.45, 7) is 5.42. The number of carbonyl (C=O) groups is 4. The number of esters is 2. The molecule has 0 radical (unpaired) electrons. The van der Waals surface area contributed by atoms with Gasteiger partial charge in [0, 0.05) is 5.56 Å². The van der Waals surface area contributed by atoms with E-state index in [2.05, 4.69) is 4.72 Å². The van der Waals surface area contributed by atoms with Gasteiger partial charge in [-0.25, -0.2) is 26.4 Å². The van der Waals surface area contributed by atoms with Crippen LogP contribution in [0, 0.1) is 6.92 Å². The summed E-state index contributed by atoms with van der Waals surface area (Å²) in [5, 5.41) is 0. The van der Waals surface area contributed by atoms with E-state index in [1.165, 1.54) is 74.5 Å². The number of hydrogen-bond donors (Lipinski definition) is 2. The normalized spacial score (nSPS) is 13.0. The molecule has 0 fully saturated rings. The predicted octanol–water partition coefficient (Wildman–Crippen LogP) is 2.31. The molecular formula is C28H28N2O10S2. The molecule has 0 amide bonds. The highest BCUT2D eigenvalue weighted by Gasteiger charge is 2.31. The maximum Gasteiger partial charge on any atom is 0.337 e. The van der Waals surface area contributed by atoms with Crippen molar-refractivity contribution in [3.63, 3.8) is 0 Å². The fourth-order valence-corrected chi connectivity index (χ4v) is 5.81. The van der Waals surface area contributed by atoms with E-state index in [1.807, 2.05) is 4.72 Å². The summed E-state index contributed by atoms with van der Waals surface area (Å²) in [6, 6.07) is 12.8. The Balaban J connectivity index is 1.61. The summed E-state index contributed by atoms with van der Waals surface area (Å²) in [5.74, 6) is -3.24. The molecule has 3 aromatic rings. The Kier molecular flexibility index (Phi) is 10.1. The van der Waals surface area contributed by atoms with Crippen molar-refractivity contribution in [2.45, 2.75) is 49.6 Å². The number of ether oxygens (including phenoxy) is 2. The number of Topliss-reactive ketones (excluding diaryl/α,β-unsaturated/α-hetero) is 2. The zero-order chi connectivity index (χ0) is 31.2. The Morgan fingerprint density at radius 1 is 0.643 bits per heavy atom. The molecule has 3 aromatic carbocycles. The molecule has 0 heterocycles. The maximum absolute atomic E-state index is 12.6. The van der Waals surface area contributed by atoms with Crippen LogP contribution in [0.25, 0.3) is 0 Å². The fourth-order valence-electron chi connectivity index (χ4n) is 3.41. The van der Waals surface area contributed by atoms with Crippen molar-refractivity contribution in [3.05, 3.63) is 83.9 Å². The first kappa shape index (κ1) is 32.3. The van der Waals surface area contributed by atoms with Gasteiger partial charge in [0.1, 0.15) is 17.5 Å². The Bertz CT molecular complexity index is 1700. The van der Waals surface area contributed by atoms with Gasteiger partial charge in [-0.3, -0.25) is 9.59 Å². The highest BCUT2D eigenvalue weighted by Crippen LogP contribution is 2.20. The summed E-state index contributed by atoms with van der Waals surface area (Å²) >= 11 is 0. The van der Waals surface area contributed by atoms with Crippen LogP contribution in [0.3, 0.4) is 0 Å². The van der Waals surface area contributed by atoms with Crippen molar-refractivity contribution >= 4 is 43.6 Å². The minimum Gasteiger partial charge on any atom is -0.425 e. The molecule has 2 N–H and O–H groups in total. The van der Waals surface area contributed by atoms with Crippen LogP contribution in [0.2, 0.25) is 0 Å². The molecule has 0 saturated carbocycles. The van der Waals surface area contributed by atoms with Gasteiger partial charge in [0.05, 0.1) is 9.79 Å². The molecular weight excluding hydrogens is 588 g/mol. The third-order valence-electron chi connectivity index (χ3n) is 5.76. The van der Waals surface area contributed by atoms with E-state index in [4.69, 9.17) is 9.47 Å². The minimum absolute atomic E-state index is 0.0140. The number of sulfonamides is 2. The fraction of sp³-hybridized carbons (Fsp3) is 0.214. The second-order valence-electron chi connectivity index (χ2n) is 9.22. The quantitative estimate of drug-likeness (QED) is 0.133. The average Bonchev–Trinajstić information content (AvgIpc) is 2.92. The van der Waals surface area contributed by atoms with Crippen LogP contribution in [0.15, 0.2) is 82.6 Å². The van der Waals surface area contributed by atoms with Crippen molar-refractivity contribution in [2.24, 2.45) is 0 Å². The van der Waals surface area contributed by atoms with Crippen LogP contribution in [0.5, 0.6) is 11.5 Å². The predicted molar refractivity (Wildman–Crippen MR) is 150 cm³/mol. The number of nitrogens with one attached hydrogen (secondary N) is 2. The number of aryl methyl sites for hydroxylation is 1. The van der Waals surface area contributed by atoms with E-state index in [9.17, 15) is 36.0 Å². The molecule has 0 aliphatic rings. The van der Waals surface area contributed by atoms with Crippen LogP contribution in [0.1, 0.15) is 36.7 Å². The van der Waals surface area contributed by atoms with Crippen molar-refractivity contribution in [1.82, 2.24) is 9.44 Å². The van der Waals surface area contributed by atoms with Crippen LogP contribution in [-0.2, 0) is 34.4 Å². The lowest BCUT2D eigenvalue weighted by molar-refractivity contribution is -0.140. The van der Waals surface area contributed by atoms with Crippen LogP contribution < -0.4 is 18.9 Å². The number of carbonyl (C=O) groups excluding carboxylic acids is 4. The second kappa shape index (κ2) is 13.2. The van der Waals surface area contributed by atoms with Gasteiger partial charge in [0.2, 0.25) is 20.0 Å². The smallest absolute Gasteiger partial charge is 0.337 e. The van der Waals surface area contributed by atoms with Crippen molar-refractivity contribution < 1.29 is 45.5 Å². The molecule has 0 bridgehead atoms. The van der Waals surface area contributed by atoms with E-state index in [-0.39, 0.29) is 27.1 Å². The lowest BCUT2D eigenvalue weighted by atomic mass is 10.2. The molecule has 3 rings (SSSR count). The van der Waals surface area contributed by atoms with Crippen LogP contribution in [-0.4, -0.2) is 52.4 Å². The zero-order valence-electron chi connectivity index (χ0n) is 23.0. The Morgan fingerprint density at radius 2 is 1.07 bits per heavy atom. The van der Waals surface area contributed by atoms with Crippen molar-refractivity contribution in [1.29, 1.82) is 0 Å². The lowest BCUT2D eigenvalue weighted by Crippen LogP contribution is -2.47. The molecule has 0 aliphatic heterocycles. The Hall–Kier alpha value is -4.24. The monoisotopic (exact) mass is 616 g/mol. The lowest BCUT2D eigenvalue weighted by Gasteiger charge is -2.16. The van der Waals surface area contributed by atoms with Gasteiger partial charge in [-0.05, 0) is 76.2 Å². The zero-order valence-corrected chi connectivity index (χ0v) is 24.6. The first-order valence-electron chi connectivity index (χ1n) is 12.4. The van der Waals surface area contributed by atoms with Crippen LogP contribution >= 0.6 is 0 Å². The van der Waals surface area contributed by atoms with E-state index < -0.39 is 49.9 Å². The second-order valence-corrected chi connectivity index (χ2v) is 12.6. The first-order chi connectivity index (χ1) is 19.6. The van der Waals surface area contributed by atoms with Crippen molar-refractivity contribution in [2.75, 3.05) is 0 Å². The molecule has 2 atom stereocenters. The minimum atomic E-state index is -4.21. The van der Waals surface area contributed by atoms with Gasteiger partial charge in [-0.15, -0.1) is 0 Å². The number of benzene rings is 3. The molecule has 0 saturated heterocycles. The van der Waals surface area contributed by atoms with Gasteiger partial charge >= 0.3 is 11.9 Å². The molecule has 0 unspecified atom stereocenters. The topological polar surface area (TPSA) is 179 Å². The summed E-state index contributed by atoms with van der Waals surface area (Å²) < 4.78 is 65.0. The van der Waals surface area contributed by atoms with Gasteiger partial charge < -0.3 is 9.47 Å². The van der Waals surface area contributed by atoms with Gasteiger partial charge in [0.25, 0.3) is 0 Å².